The van der Waals surface area contributed by atoms with Crippen molar-refractivity contribution >= 4 is 5.97 Å². The van der Waals surface area contributed by atoms with Crippen molar-refractivity contribution in [1.82, 2.24) is 0 Å². The van der Waals surface area contributed by atoms with Crippen LogP contribution in [0, 0.1) is 11.8 Å². The van der Waals surface area contributed by atoms with E-state index in [1.807, 2.05) is 50.2 Å². The van der Waals surface area contributed by atoms with E-state index in [4.69, 9.17) is 14.2 Å². The van der Waals surface area contributed by atoms with E-state index in [0.717, 1.165) is 16.9 Å². The summed E-state index contributed by atoms with van der Waals surface area (Å²) < 4.78 is 16.6. The molecule has 3 rings (SSSR count). The van der Waals surface area contributed by atoms with Crippen LogP contribution in [-0.4, -0.2) is 19.7 Å². The molecule has 0 aliphatic carbocycles. The third kappa shape index (κ3) is 3.89. The number of hydrogen-bond donors (Lipinski definition) is 0. The Morgan fingerprint density at radius 1 is 1.19 bits per heavy atom. The molecule has 0 saturated heterocycles. The fourth-order valence-electron chi connectivity index (χ4n) is 2.96. The lowest BCUT2D eigenvalue weighted by atomic mass is 9.94. The summed E-state index contributed by atoms with van der Waals surface area (Å²) in [7, 11) is 1.65. The molecule has 0 unspecified atom stereocenters. The molecule has 1 heterocycles. The standard InChI is InChI=1S/C22H22O4/c1-22(2)19-15-17(24-3)12-13-18(19)20(26-22)11-7-8-14-25-21(23)16-9-5-4-6-10-16/h4-6,9-10,12-13,15,20H,8,14H2,1-3H3/t20-/m1/s1. The van der Waals surface area contributed by atoms with Crippen LogP contribution in [0.3, 0.4) is 0 Å². The molecule has 0 fully saturated rings. The number of esters is 1. The molecule has 0 aromatic heterocycles. The zero-order valence-electron chi connectivity index (χ0n) is 15.2. The number of fused-ring (bicyclic) bond motifs is 1. The maximum Gasteiger partial charge on any atom is 0.338 e. The Kier molecular flexibility index (Phi) is 5.29. The largest absolute Gasteiger partial charge is 0.497 e. The second-order valence-electron chi connectivity index (χ2n) is 6.53. The van der Waals surface area contributed by atoms with Crippen LogP contribution in [0.4, 0.5) is 0 Å². The van der Waals surface area contributed by atoms with Gasteiger partial charge in [0.2, 0.25) is 0 Å². The lowest BCUT2D eigenvalue weighted by Gasteiger charge is -2.19. The average Bonchev–Trinajstić information content (AvgIpc) is 2.91. The molecule has 0 N–H and O–H groups in total. The Morgan fingerprint density at radius 3 is 2.69 bits per heavy atom. The van der Waals surface area contributed by atoms with E-state index in [1.54, 1.807) is 19.2 Å². The van der Waals surface area contributed by atoms with Crippen molar-refractivity contribution in [1.29, 1.82) is 0 Å². The lowest BCUT2D eigenvalue weighted by molar-refractivity contribution is -0.0268. The first-order valence-corrected chi connectivity index (χ1v) is 8.58. The fraction of sp³-hybridized carbons (Fsp3) is 0.318. The van der Waals surface area contributed by atoms with E-state index in [0.29, 0.717) is 12.0 Å². The first-order chi connectivity index (χ1) is 12.5. The van der Waals surface area contributed by atoms with Crippen molar-refractivity contribution < 1.29 is 19.0 Å². The Balaban J connectivity index is 1.59. The fourth-order valence-corrected chi connectivity index (χ4v) is 2.96. The third-order valence-electron chi connectivity index (χ3n) is 4.31. The molecule has 134 valence electrons. The van der Waals surface area contributed by atoms with Gasteiger partial charge in [-0.15, -0.1) is 0 Å². The van der Waals surface area contributed by atoms with Crippen molar-refractivity contribution in [2.24, 2.45) is 0 Å². The summed E-state index contributed by atoms with van der Waals surface area (Å²) in [6, 6.07) is 14.8. The predicted octanol–water partition coefficient (Wildman–Crippen LogP) is 4.25. The second-order valence-corrected chi connectivity index (χ2v) is 6.53. The van der Waals surface area contributed by atoms with Gasteiger partial charge in [-0.25, -0.2) is 4.79 Å². The SMILES string of the molecule is COc1ccc2c(c1)C(C)(C)O[C@@H]2C#CCCOC(=O)c1ccccc1. The summed E-state index contributed by atoms with van der Waals surface area (Å²) in [6.45, 7) is 4.30. The molecule has 26 heavy (non-hydrogen) atoms. The van der Waals surface area contributed by atoms with Gasteiger partial charge in [-0.1, -0.05) is 36.1 Å². The first kappa shape index (κ1) is 18.0. The van der Waals surface area contributed by atoms with Crippen molar-refractivity contribution in [3.8, 4) is 17.6 Å². The smallest absolute Gasteiger partial charge is 0.338 e. The van der Waals surface area contributed by atoms with Crippen LogP contribution in [0.5, 0.6) is 5.75 Å². The molecule has 1 atom stereocenters. The van der Waals surface area contributed by atoms with E-state index in [2.05, 4.69) is 11.8 Å². The molecular weight excluding hydrogens is 328 g/mol. The van der Waals surface area contributed by atoms with Crippen LogP contribution < -0.4 is 4.74 Å². The van der Waals surface area contributed by atoms with Crippen molar-refractivity contribution in [2.45, 2.75) is 32.0 Å². The summed E-state index contributed by atoms with van der Waals surface area (Å²) in [6.07, 6.45) is 0.181. The summed E-state index contributed by atoms with van der Waals surface area (Å²) in [5.74, 6) is 6.67. The van der Waals surface area contributed by atoms with Crippen LogP contribution in [0.2, 0.25) is 0 Å². The number of ether oxygens (including phenoxy) is 3. The molecule has 0 bridgehead atoms. The Hall–Kier alpha value is -2.77. The van der Waals surface area contributed by atoms with Crippen LogP contribution >= 0.6 is 0 Å². The Morgan fingerprint density at radius 2 is 1.96 bits per heavy atom. The number of rotatable bonds is 4. The molecule has 0 radical (unpaired) electrons. The van der Waals surface area contributed by atoms with Crippen LogP contribution in [0.1, 0.15) is 47.9 Å². The Bertz CT molecular complexity index is 843. The highest BCUT2D eigenvalue weighted by molar-refractivity contribution is 5.89. The maximum absolute atomic E-state index is 11.9. The van der Waals surface area contributed by atoms with Gasteiger partial charge in [0.25, 0.3) is 0 Å². The van der Waals surface area contributed by atoms with E-state index < -0.39 is 5.60 Å². The molecule has 1 aliphatic heterocycles. The normalized spacial score (nSPS) is 17.0. The van der Waals surface area contributed by atoms with Gasteiger partial charge >= 0.3 is 5.97 Å². The third-order valence-corrected chi connectivity index (χ3v) is 4.31. The minimum atomic E-state index is -0.414. The molecule has 1 aliphatic rings. The van der Waals surface area contributed by atoms with Gasteiger partial charge in [-0.2, -0.15) is 0 Å². The number of benzene rings is 2. The predicted molar refractivity (Wildman–Crippen MR) is 99.0 cm³/mol. The zero-order valence-corrected chi connectivity index (χ0v) is 15.2. The molecule has 0 spiro atoms. The minimum absolute atomic E-state index is 0.256. The van der Waals surface area contributed by atoms with Crippen LogP contribution in [0.15, 0.2) is 48.5 Å². The van der Waals surface area contributed by atoms with Crippen molar-refractivity contribution in [3.63, 3.8) is 0 Å². The number of carbonyl (C=O) groups excluding carboxylic acids is 1. The first-order valence-electron chi connectivity index (χ1n) is 8.58. The monoisotopic (exact) mass is 350 g/mol. The summed E-state index contributed by atoms with van der Waals surface area (Å²) in [5, 5.41) is 0. The highest BCUT2D eigenvalue weighted by atomic mass is 16.5. The van der Waals surface area contributed by atoms with Crippen molar-refractivity contribution in [3.05, 3.63) is 65.2 Å². The molecule has 0 amide bonds. The summed E-state index contributed by atoms with van der Waals surface area (Å²) >= 11 is 0. The van der Waals surface area contributed by atoms with Gasteiger partial charge < -0.3 is 14.2 Å². The van der Waals surface area contributed by atoms with Gasteiger partial charge in [0, 0.05) is 6.42 Å². The summed E-state index contributed by atoms with van der Waals surface area (Å²) in [4.78, 5) is 11.9. The van der Waals surface area contributed by atoms with E-state index in [9.17, 15) is 4.79 Å². The molecular formula is C22H22O4. The number of hydrogen-bond acceptors (Lipinski definition) is 4. The van der Waals surface area contributed by atoms with E-state index in [-0.39, 0.29) is 18.7 Å². The quantitative estimate of drug-likeness (QED) is 0.470. The molecule has 2 aromatic carbocycles. The van der Waals surface area contributed by atoms with Gasteiger partial charge in [0.15, 0.2) is 0 Å². The van der Waals surface area contributed by atoms with Gasteiger partial charge in [0.1, 0.15) is 18.5 Å². The van der Waals surface area contributed by atoms with Crippen LogP contribution in [0.25, 0.3) is 0 Å². The lowest BCUT2D eigenvalue weighted by Crippen LogP contribution is -2.15. The van der Waals surface area contributed by atoms with E-state index >= 15 is 0 Å². The topological polar surface area (TPSA) is 44.8 Å². The van der Waals surface area contributed by atoms with Gasteiger partial charge in [0.05, 0.1) is 18.3 Å². The number of carbonyl (C=O) groups is 1. The van der Waals surface area contributed by atoms with Gasteiger partial charge in [-0.05, 0) is 49.2 Å². The molecule has 0 saturated carbocycles. The molecule has 2 aromatic rings. The second kappa shape index (κ2) is 7.63. The maximum atomic E-state index is 11.9. The zero-order chi connectivity index (χ0) is 18.6. The van der Waals surface area contributed by atoms with Crippen LogP contribution in [-0.2, 0) is 15.1 Å². The highest BCUT2D eigenvalue weighted by Crippen LogP contribution is 2.44. The van der Waals surface area contributed by atoms with Crippen molar-refractivity contribution in [2.75, 3.05) is 13.7 Å². The molecule has 4 heteroatoms. The Labute approximate surface area is 154 Å². The minimum Gasteiger partial charge on any atom is -0.497 e. The van der Waals surface area contributed by atoms with Gasteiger partial charge in [-0.3, -0.25) is 0 Å². The number of methoxy groups -OCH3 is 1. The highest BCUT2D eigenvalue weighted by Gasteiger charge is 2.37. The van der Waals surface area contributed by atoms with E-state index in [1.165, 1.54) is 0 Å². The summed E-state index contributed by atoms with van der Waals surface area (Å²) in [5.41, 5.74) is 2.28. The molecule has 4 nitrogen and oxygen atoms in total. The average molecular weight is 350 g/mol.